The van der Waals surface area contributed by atoms with Crippen LogP contribution in [0.3, 0.4) is 0 Å². The van der Waals surface area contributed by atoms with Gasteiger partial charge in [-0.1, -0.05) is 36.0 Å². The highest BCUT2D eigenvalue weighted by molar-refractivity contribution is 8.13. The Labute approximate surface area is 196 Å². The fourth-order valence-corrected chi connectivity index (χ4v) is 3.29. The van der Waals surface area contributed by atoms with E-state index in [0.717, 1.165) is 28.2 Å². The molecule has 0 spiro atoms. The molecule has 0 atom stereocenters. The topological polar surface area (TPSA) is 131 Å². The van der Waals surface area contributed by atoms with Crippen molar-refractivity contribution in [3.05, 3.63) is 65.7 Å². The van der Waals surface area contributed by atoms with Crippen molar-refractivity contribution in [1.82, 2.24) is 15.2 Å². The van der Waals surface area contributed by atoms with Crippen LogP contribution in [0, 0.1) is 0 Å². The zero-order valence-electron chi connectivity index (χ0n) is 18.8. The molecular formula is C23H27N5O4S. The Bertz CT molecular complexity index is 1070. The molecule has 33 heavy (non-hydrogen) atoms. The number of hydrogen-bond acceptors (Lipinski definition) is 8. The molecule has 3 rings (SSSR count). The summed E-state index contributed by atoms with van der Waals surface area (Å²) in [5.41, 5.74) is 7.09. The van der Waals surface area contributed by atoms with Crippen LogP contribution in [0.25, 0.3) is 0 Å². The number of nitrogens with two attached hydrogens (primary N) is 1. The van der Waals surface area contributed by atoms with Crippen LogP contribution in [0.4, 0.5) is 5.69 Å². The van der Waals surface area contributed by atoms with Crippen LogP contribution in [0.1, 0.15) is 35.4 Å². The summed E-state index contributed by atoms with van der Waals surface area (Å²) >= 11 is 1.19. The first kappa shape index (κ1) is 25.6. The molecule has 174 valence electrons. The van der Waals surface area contributed by atoms with Gasteiger partial charge in [0.15, 0.2) is 5.12 Å². The third-order valence-electron chi connectivity index (χ3n) is 4.15. The summed E-state index contributed by atoms with van der Waals surface area (Å²) in [7, 11) is 3.92. The molecule has 0 radical (unpaired) electrons. The molecule has 1 amide bonds. The second-order valence-corrected chi connectivity index (χ2v) is 8.30. The average molecular weight is 470 g/mol. The molecule has 0 saturated carbocycles. The maximum atomic E-state index is 11.0. The Kier molecular flexibility index (Phi) is 10.1. The number of ether oxygens (including phenoxy) is 1. The molecule has 10 heteroatoms. The van der Waals surface area contributed by atoms with Crippen LogP contribution in [0.5, 0.6) is 5.75 Å². The number of para-hydroxylation sites is 2. The Morgan fingerprint density at radius 3 is 2.42 bits per heavy atom. The normalized spacial score (nSPS) is 10.0. The van der Waals surface area contributed by atoms with E-state index in [0.29, 0.717) is 25.3 Å². The zero-order chi connectivity index (χ0) is 24.2. The third kappa shape index (κ3) is 8.77. The molecule has 3 aromatic rings. The molecule has 2 aromatic carbocycles. The van der Waals surface area contributed by atoms with Crippen molar-refractivity contribution in [2.24, 2.45) is 5.73 Å². The predicted octanol–water partition coefficient (Wildman–Crippen LogP) is 2.85. The first-order valence-electron chi connectivity index (χ1n) is 10.1. The van der Waals surface area contributed by atoms with Crippen LogP contribution in [-0.2, 0) is 16.0 Å². The van der Waals surface area contributed by atoms with Crippen molar-refractivity contribution in [2.45, 2.75) is 24.7 Å². The van der Waals surface area contributed by atoms with Crippen molar-refractivity contribution >= 4 is 34.8 Å². The van der Waals surface area contributed by atoms with Crippen molar-refractivity contribution in [1.29, 1.82) is 0 Å². The van der Waals surface area contributed by atoms with Crippen molar-refractivity contribution < 1.29 is 19.1 Å². The van der Waals surface area contributed by atoms with Gasteiger partial charge in [-0.05, 0) is 29.8 Å². The number of amides is 1. The third-order valence-corrected chi connectivity index (χ3v) is 4.94. The number of benzene rings is 2. The van der Waals surface area contributed by atoms with Gasteiger partial charge in [-0.3, -0.25) is 14.7 Å². The summed E-state index contributed by atoms with van der Waals surface area (Å²) in [5.74, 6) is 0.717. The number of H-pyrrole nitrogens is 1. The Morgan fingerprint density at radius 1 is 1.15 bits per heavy atom. The van der Waals surface area contributed by atoms with Gasteiger partial charge in [-0.25, -0.2) is 4.98 Å². The van der Waals surface area contributed by atoms with E-state index in [1.54, 1.807) is 0 Å². The summed E-state index contributed by atoms with van der Waals surface area (Å²) in [6.07, 6.45) is 1.81. The number of carbonyl (C=O) groups is 3. The van der Waals surface area contributed by atoms with Gasteiger partial charge in [-0.2, -0.15) is 0 Å². The van der Waals surface area contributed by atoms with Crippen molar-refractivity contribution in [3.8, 4) is 5.75 Å². The molecule has 0 unspecified atom stereocenters. The van der Waals surface area contributed by atoms with E-state index in [1.165, 1.54) is 18.7 Å². The standard InChI is InChI=1S/C12H12N4O2S.C11H15NO2/c1-7(17)19-9-4-2-8(3-5-9)6-10-14-12(11(13)18)16-15-10;1-12(2)10-6-3-4-7-11(10)14-9-5-8-13/h2-5H,6H2,1H3,(H2,13,18)(H,14,15,16);3-4,6-8H,5,9H2,1-2H3. The summed E-state index contributed by atoms with van der Waals surface area (Å²) in [5, 5.41) is 6.42. The quantitative estimate of drug-likeness (QED) is 0.278. The number of nitrogens with zero attached hydrogens (tertiary/aromatic N) is 3. The van der Waals surface area contributed by atoms with E-state index in [2.05, 4.69) is 15.2 Å². The van der Waals surface area contributed by atoms with E-state index < -0.39 is 5.91 Å². The second-order valence-electron chi connectivity index (χ2n) is 7.05. The lowest BCUT2D eigenvalue weighted by Crippen LogP contribution is -2.12. The van der Waals surface area contributed by atoms with Crippen LogP contribution in [-0.4, -0.2) is 53.2 Å². The predicted molar refractivity (Wildman–Crippen MR) is 128 cm³/mol. The number of thioether (sulfide) groups is 1. The summed E-state index contributed by atoms with van der Waals surface area (Å²) in [4.78, 5) is 38.8. The lowest BCUT2D eigenvalue weighted by Gasteiger charge is -2.17. The number of anilines is 1. The van der Waals surface area contributed by atoms with Crippen LogP contribution < -0.4 is 15.4 Å². The van der Waals surface area contributed by atoms with Gasteiger partial charge in [0.25, 0.3) is 5.91 Å². The molecular weight excluding hydrogens is 442 g/mol. The first-order chi connectivity index (χ1) is 15.8. The minimum Gasteiger partial charge on any atom is -0.491 e. The number of primary amides is 1. The van der Waals surface area contributed by atoms with Crippen LogP contribution >= 0.6 is 11.8 Å². The van der Waals surface area contributed by atoms with Crippen molar-refractivity contribution in [2.75, 3.05) is 25.6 Å². The van der Waals surface area contributed by atoms with Crippen LogP contribution in [0.2, 0.25) is 0 Å². The largest absolute Gasteiger partial charge is 0.491 e. The number of rotatable bonds is 9. The molecule has 0 bridgehead atoms. The number of aromatic amines is 1. The SMILES string of the molecule is CC(=O)Sc1ccc(Cc2nc(C(N)=O)n[nH]2)cc1.CN(C)c1ccccc1OCCC=O. The molecule has 9 nitrogen and oxygen atoms in total. The minimum absolute atomic E-state index is 0.0150. The highest BCUT2D eigenvalue weighted by Gasteiger charge is 2.09. The Balaban J connectivity index is 0.000000245. The van der Waals surface area contributed by atoms with Gasteiger partial charge in [0.05, 0.1) is 12.3 Å². The van der Waals surface area contributed by atoms with Crippen molar-refractivity contribution in [3.63, 3.8) is 0 Å². The number of nitrogens with one attached hydrogen (secondary N) is 1. The molecule has 1 heterocycles. The zero-order valence-corrected chi connectivity index (χ0v) is 19.6. The molecule has 0 aliphatic carbocycles. The highest BCUT2D eigenvalue weighted by Crippen LogP contribution is 2.25. The Morgan fingerprint density at radius 2 is 1.85 bits per heavy atom. The lowest BCUT2D eigenvalue weighted by atomic mass is 10.1. The number of hydrogen-bond donors (Lipinski definition) is 2. The Hall–Kier alpha value is -3.66. The fraction of sp³-hybridized carbons (Fsp3) is 0.261. The molecule has 3 N–H and O–H groups in total. The number of carbonyl (C=O) groups excluding carboxylic acids is 3. The van der Waals surface area contributed by atoms with Gasteiger partial charge >= 0.3 is 0 Å². The van der Waals surface area contributed by atoms with E-state index in [9.17, 15) is 14.4 Å². The van der Waals surface area contributed by atoms with Crippen LogP contribution in [0.15, 0.2) is 53.4 Å². The summed E-state index contributed by atoms with van der Waals surface area (Å²) < 4.78 is 5.47. The molecule has 1 aromatic heterocycles. The van der Waals surface area contributed by atoms with E-state index >= 15 is 0 Å². The summed E-state index contributed by atoms with van der Waals surface area (Å²) in [6.45, 7) is 1.97. The van der Waals surface area contributed by atoms with E-state index in [1.807, 2.05) is 67.5 Å². The lowest BCUT2D eigenvalue weighted by molar-refractivity contribution is -0.109. The minimum atomic E-state index is -0.657. The molecule has 0 aliphatic heterocycles. The first-order valence-corrected chi connectivity index (χ1v) is 10.9. The fourth-order valence-electron chi connectivity index (χ4n) is 2.68. The highest BCUT2D eigenvalue weighted by atomic mass is 32.2. The number of aromatic nitrogens is 3. The number of aldehydes is 1. The summed E-state index contributed by atoms with van der Waals surface area (Å²) in [6, 6.07) is 15.3. The average Bonchev–Trinajstić information content (AvgIpc) is 3.25. The van der Waals surface area contributed by atoms with Gasteiger partial charge in [0.2, 0.25) is 5.82 Å². The monoisotopic (exact) mass is 469 g/mol. The maximum Gasteiger partial charge on any atom is 0.288 e. The van der Waals surface area contributed by atoms with Gasteiger partial charge < -0.3 is 20.2 Å². The molecule has 0 aliphatic rings. The molecule has 0 saturated heterocycles. The second kappa shape index (κ2) is 13.0. The molecule has 0 fully saturated rings. The van der Waals surface area contributed by atoms with E-state index in [4.69, 9.17) is 10.5 Å². The maximum absolute atomic E-state index is 11.0. The smallest absolute Gasteiger partial charge is 0.288 e. The van der Waals surface area contributed by atoms with E-state index in [-0.39, 0.29) is 10.9 Å². The van der Waals surface area contributed by atoms with Gasteiger partial charge in [0, 0.05) is 38.8 Å². The van der Waals surface area contributed by atoms with Gasteiger partial charge in [-0.15, -0.1) is 5.10 Å². The van der Waals surface area contributed by atoms with Gasteiger partial charge in [0.1, 0.15) is 17.9 Å².